The van der Waals surface area contributed by atoms with Crippen LogP contribution in [-0.2, 0) is 5.88 Å². The van der Waals surface area contributed by atoms with Crippen LogP contribution in [0.5, 0.6) is 0 Å². The van der Waals surface area contributed by atoms with Gasteiger partial charge in [-0.2, -0.15) is 0 Å². The lowest BCUT2D eigenvalue weighted by Gasteiger charge is -2.10. The Labute approximate surface area is 142 Å². The Balaban J connectivity index is 2.37. The number of pyridine rings is 1. The minimum atomic E-state index is 0.285. The maximum absolute atomic E-state index is 6.16. The third-order valence-electron chi connectivity index (χ3n) is 2.82. The molecular weight excluding hydrogens is 429 g/mol. The van der Waals surface area contributed by atoms with Crippen molar-refractivity contribution in [2.75, 3.05) is 0 Å². The van der Waals surface area contributed by atoms with Crippen LogP contribution in [0.2, 0.25) is 5.02 Å². The lowest BCUT2D eigenvalue weighted by Crippen LogP contribution is -2.01. The number of aromatic nitrogens is 3. The molecule has 1 aromatic carbocycles. The summed E-state index contributed by atoms with van der Waals surface area (Å²) in [4.78, 5) is 8.94. The second-order valence-corrected chi connectivity index (χ2v) is 6.45. The molecule has 0 radical (unpaired) electrons. The summed E-state index contributed by atoms with van der Waals surface area (Å²) in [5, 5.41) is 0.627. The number of imidazole rings is 1. The van der Waals surface area contributed by atoms with Gasteiger partial charge in [0.25, 0.3) is 0 Å². The van der Waals surface area contributed by atoms with Crippen molar-refractivity contribution in [1.29, 1.82) is 0 Å². The van der Waals surface area contributed by atoms with E-state index in [9.17, 15) is 0 Å². The SMILES string of the molecule is ClCc1nc2cc(Br)cnc2n1-c1cccc(Cl)c1Br. The first-order valence-corrected chi connectivity index (χ1v) is 8.15. The maximum Gasteiger partial charge on any atom is 0.164 e. The van der Waals surface area contributed by atoms with E-state index in [1.807, 2.05) is 28.8 Å². The second-order valence-electron chi connectivity index (χ2n) is 4.07. The number of rotatable bonds is 2. The summed E-state index contributed by atoms with van der Waals surface area (Å²) in [6, 6.07) is 7.55. The topological polar surface area (TPSA) is 30.7 Å². The highest BCUT2D eigenvalue weighted by molar-refractivity contribution is 9.11. The van der Waals surface area contributed by atoms with E-state index in [0.717, 1.165) is 31.6 Å². The van der Waals surface area contributed by atoms with E-state index in [4.69, 9.17) is 23.2 Å². The van der Waals surface area contributed by atoms with Gasteiger partial charge in [0.05, 0.1) is 21.1 Å². The zero-order chi connectivity index (χ0) is 14.3. The van der Waals surface area contributed by atoms with Crippen molar-refractivity contribution in [2.45, 2.75) is 5.88 Å². The van der Waals surface area contributed by atoms with E-state index < -0.39 is 0 Å². The molecule has 7 heteroatoms. The second kappa shape index (κ2) is 5.64. The van der Waals surface area contributed by atoms with E-state index in [1.165, 1.54) is 0 Å². The third-order valence-corrected chi connectivity index (χ3v) is 4.87. The van der Waals surface area contributed by atoms with Crippen molar-refractivity contribution in [3.63, 3.8) is 0 Å². The number of nitrogens with zero attached hydrogens (tertiary/aromatic N) is 3. The van der Waals surface area contributed by atoms with Crippen LogP contribution in [0, 0.1) is 0 Å². The van der Waals surface area contributed by atoms with Crippen LogP contribution in [0.15, 0.2) is 39.4 Å². The summed E-state index contributed by atoms with van der Waals surface area (Å²) >= 11 is 19.1. The van der Waals surface area contributed by atoms with Gasteiger partial charge in [0.15, 0.2) is 5.65 Å². The first-order valence-electron chi connectivity index (χ1n) is 5.65. The van der Waals surface area contributed by atoms with E-state index in [2.05, 4.69) is 41.8 Å². The first-order chi connectivity index (χ1) is 9.61. The molecule has 0 unspecified atom stereocenters. The van der Waals surface area contributed by atoms with Gasteiger partial charge in [-0.1, -0.05) is 17.7 Å². The molecule has 0 fully saturated rings. The van der Waals surface area contributed by atoms with Crippen LogP contribution in [0.3, 0.4) is 0 Å². The molecule has 0 saturated carbocycles. The van der Waals surface area contributed by atoms with Gasteiger partial charge in [-0.15, -0.1) is 11.6 Å². The van der Waals surface area contributed by atoms with Crippen molar-refractivity contribution in [3.05, 3.63) is 50.3 Å². The maximum atomic E-state index is 6.16. The van der Waals surface area contributed by atoms with Gasteiger partial charge in [-0.25, -0.2) is 9.97 Å². The molecule has 0 aliphatic heterocycles. The number of alkyl halides is 1. The van der Waals surface area contributed by atoms with Gasteiger partial charge in [-0.3, -0.25) is 4.57 Å². The van der Waals surface area contributed by atoms with Crippen molar-refractivity contribution >= 4 is 66.2 Å². The Bertz CT molecular complexity index is 802. The zero-order valence-electron chi connectivity index (χ0n) is 9.95. The predicted octanol–water partition coefficient (Wildman–Crippen LogP) is 5.34. The summed E-state index contributed by atoms with van der Waals surface area (Å²) in [5.74, 6) is 1.00. The molecule has 0 amide bonds. The smallest absolute Gasteiger partial charge is 0.164 e. The normalized spacial score (nSPS) is 11.2. The molecule has 20 heavy (non-hydrogen) atoms. The van der Waals surface area contributed by atoms with Crippen molar-refractivity contribution in [1.82, 2.24) is 14.5 Å². The molecule has 2 aromatic heterocycles. The molecule has 0 bridgehead atoms. The van der Waals surface area contributed by atoms with Gasteiger partial charge in [-0.05, 0) is 50.1 Å². The zero-order valence-corrected chi connectivity index (χ0v) is 14.6. The molecule has 2 heterocycles. The minimum absolute atomic E-state index is 0.285. The van der Waals surface area contributed by atoms with Crippen LogP contribution in [-0.4, -0.2) is 14.5 Å². The van der Waals surface area contributed by atoms with Gasteiger partial charge in [0.2, 0.25) is 0 Å². The molecule has 0 aliphatic carbocycles. The average Bonchev–Trinajstić information content (AvgIpc) is 2.79. The number of benzene rings is 1. The summed E-state index contributed by atoms with van der Waals surface area (Å²) in [5.41, 5.74) is 2.39. The van der Waals surface area contributed by atoms with E-state index in [-0.39, 0.29) is 5.88 Å². The summed E-state index contributed by atoms with van der Waals surface area (Å²) in [7, 11) is 0. The first kappa shape index (κ1) is 14.3. The Morgan fingerprint density at radius 1 is 1.25 bits per heavy atom. The van der Waals surface area contributed by atoms with Gasteiger partial charge >= 0.3 is 0 Å². The summed E-state index contributed by atoms with van der Waals surface area (Å²) < 4.78 is 3.57. The van der Waals surface area contributed by atoms with Gasteiger partial charge < -0.3 is 0 Å². The van der Waals surface area contributed by atoms with E-state index >= 15 is 0 Å². The van der Waals surface area contributed by atoms with Crippen LogP contribution in [0.4, 0.5) is 0 Å². The number of halogens is 4. The third kappa shape index (κ3) is 2.37. The standard InChI is InChI=1S/C13H7Br2Cl2N3/c14-7-4-9-13(18-6-7)20(11(5-16)19-9)10-3-1-2-8(17)12(10)15/h1-4,6H,5H2. The Hall–Kier alpha value is -0.620. The molecule has 0 aliphatic rings. The van der Waals surface area contributed by atoms with Crippen molar-refractivity contribution < 1.29 is 0 Å². The summed E-state index contributed by atoms with van der Waals surface area (Å²) in [6.45, 7) is 0. The molecule has 0 atom stereocenters. The fourth-order valence-corrected chi connectivity index (χ4v) is 3.10. The highest BCUT2D eigenvalue weighted by Gasteiger charge is 2.16. The monoisotopic (exact) mass is 433 g/mol. The van der Waals surface area contributed by atoms with Gasteiger partial charge in [0.1, 0.15) is 11.3 Å². The van der Waals surface area contributed by atoms with Crippen LogP contribution >= 0.6 is 55.1 Å². The van der Waals surface area contributed by atoms with E-state index in [0.29, 0.717) is 5.02 Å². The molecule has 102 valence electrons. The Kier molecular flexibility index (Phi) is 4.04. The van der Waals surface area contributed by atoms with Crippen LogP contribution in [0.25, 0.3) is 16.9 Å². The summed E-state index contributed by atoms with van der Waals surface area (Å²) in [6.07, 6.45) is 1.73. The lowest BCUT2D eigenvalue weighted by molar-refractivity contribution is 0.965. The van der Waals surface area contributed by atoms with Gasteiger partial charge in [0, 0.05) is 10.7 Å². The average molecular weight is 436 g/mol. The quantitative estimate of drug-likeness (QED) is 0.509. The molecular formula is C13H7Br2Cl2N3. The molecule has 0 spiro atoms. The van der Waals surface area contributed by atoms with Crippen molar-refractivity contribution in [3.8, 4) is 5.69 Å². The lowest BCUT2D eigenvalue weighted by atomic mass is 10.3. The van der Waals surface area contributed by atoms with E-state index in [1.54, 1.807) is 6.20 Å². The van der Waals surface area contributed by atoms with Crippen molar-refractivity contribution in [2.24, 2.45) is 0 Å². The highest BCUT2D eigenvalue weighted by atomic mass is 79.9. The van der Waals surface area contributed by atoms with Crippen LogP contribution < -0.4 is 0 Å². The number of hydrogen-bond acceptors (Lipinski definition) is 2. The molecule has 3 rings (SSSR count). The molecule has 0 N–H and O–H groups in total. The molecule has 3 aromatic rings. The minimum Gasteiger partial charge on any atom is -0.278 e. The molecule has 0 saturated heterocycles. The molecule has 3 nitrogen and oxygen atoms in total. The predicted molar refractivity (Wildman–Crippen MR) is 88.8 cm³/mol. The number of hydrogen-bond donors (Lipinski definition) is 0. The fourth-order valence-electron chi connectivity index (χ4n) is 2.00. The van der Waals surface area contributed by atoms with Crippen LogP contribution in [0.1, 0.15) is 5.82 Å². The highest BCUT2D eigenvalue weighted by Crippen LogP contribution is 2.32. The fraction of sp³-hybridized carbons (Fsp3) is 0.0769. The Morgan fingerprint density at radius 3 is 2.80 bits per heavy atom. The largest absolute Gasteiger partial charge is 0.278 e. The number of fused-ring (bicyclic) bond motifs is 1. The Morgan fingerprint density at radius 2 is 2.05 bits per heavy atom.